The average molecular weight is 247 g/mol. The number of ether oxygens (including phenoxy) is 1. The molecule has 0 aromatic heterocycles. The summed E-state index contributed by atoms with van der Waals surface area (Å²) in [5.41, 5.74) is 8.87. The van der Waals surface area contributed by atoms with Gasteiger partial charge in [-0.25, -0.2) is 0 Å². The fourth-order valence-corrected chi connectivity index (χ4v) is 3.13. The van der Waals surface area contributed by atoms with Gasteiger partial charge in [0.2, 0.25) is 0 Å². The molecular formula is C16H25NO. The normalized spacial score (nSPS) is 28.1. The Kier molecular flexibility index (Phi) is 3.96. The fraction of sp³-hybridized carbons (Fsp3) is 0.625. The van der Waals surface area contributed by atoms with Crippen molar-refractivity contribution in [2.45, 2.75) is 44.9 Å². The fourth-order valence-electron chi connectivity index (χ4n) is 3.13. The lowest BCUT2D eigenvalue weighted by molar-refractivity contribution is 0.241. The van der Waals surface area contributed by atoms with Gasteiger partial charge in [0.1, 0.15) is 5.75 Å². The maximum absolute atomic E-state index is 6.13. The van der Waals surface area contributed by atoms with Gasteiger partial charge in [0.25, 0.3) is 0 Å². The SMILES string of the molecule is COc1ccc(C)cc1C1(CN)CCC(C)CC1. The predicted octanol–water partition coefficient (Wildman–Crippen LogP) is 3.41. The van der Waals surface area contributed by atoms with Crippen molar-refractivity contribution in [1.29, 1.82) is 0 Å². The molecule has 2 rings (SSSR count). The molecule has 0 atom stereocenters. The molecule has 1 aliphatic rings. The molecule has 0 heterocycles. The van der Waals surface area contributed by atoms with Gasteiger partial charge in [0, 0.05) is 17.5 Å². The number of rotatable bonds is 3. The minimum Gasteiger partial charge on any atom is -0.496 e. The highest BCUT2D eigenvalue weighted by Gasteiger charge is 2.36. The molecule has 0 radical (unpaired) electrons. The van der Waals surface area contributed by atoms with Crippen molar-refractivity contribution < 1.29 is 4.74 Å². The molecule has 2 nitrogen and oxygen atoms in total. The second-order valence-electron chi connectivity index (χ2n) is 5.87. The first-order chi connectivity index (χ1) is 8.61. The summed E-state index contributed by atoms with van der Waals surface area (Å²) in [6.45, 7) is 5.20. The monoisotopic (exact) mass is 247 g/mol. The molecule has 2 heteroatoms. The number of hydrogen-bond acceptors (Lipinski definition) is 2. The zero-order valence-corrected chi connectivity index (χ0v) is 11.8. The van der Waals surface area contributed by atoms with Crippen molar-refractivity contribution in [2.24, 2.45) is 11.7 Å². The van der Waals surface area contributed by atoms with E-state index in [9.17, 15) is 0 Å². The van der Waals surface area contributed by atoms with E-state index in [1.807, 2.05) is 0 Å². The Morgan fingerprint density at radius 2 is 2.00 bits per heavy atom. The predicted molar refractivity (Wildman–Crippen MR) is 76.1 cm³/mol. The Morgan fingerprint density at radius 1 is 1.33 bits per heavy atom. The highest BCUT2D eigenvalue weighted by molar-refractivity contribution is 5.43. The second kappa shape index (κ2) is 5.31. The molecule has 1 aromatic rings. The van der Waals surface area contributed by atoms with Gasteiger partial charge >= 0.3 is 0 Å². The molecule has 1 saturated carbocycles. The van der Waals surface area contributed by atoms with E-state index >= 15 is 0 Å². The van der Waals surface area contributed by atoms with Crippen LogP contribution in [0, 0.1) is 12.8 Å². The number of aryl methyl sites for hydroxylation is 1. The van der Waals surface area contributed by atoms with Crippen molar-refractivity contribution >= 4 is 0 Å². The maximum atomic E-state index is 6.13. The molecule has 18 heavy (non-hydrogen) atoms. The van der Waals surface area contributed by atoms with Crippen LogP contribution in [0.2, 0.25) is 0 Å². The first-order valence-corrected chi connectivity index (χ1v) is 6.96. The zero-order valence-electron chi connectivity index (χ0n) is 11.8. The summed E-state index contributed by atoms with van der Waals surface area (Å²) in [5, 5.41) is 0. The third-order valence-electron chi connectivity index (χ3n) is 4.55. The van der Waals surface area contributed by atoms with Crippen molar-refractivity contribution in [3.05, 3.63) is 29.3 Å². The van der Waals surface area contributed by atoms with Gasteiger partial charge in [-0.05, 0) is 44.6 Å². The molecule has 1 aromatic carbocycles. The third kappa shape index (κ3) is 2.39. The minimum atomic E-state index is 0.129. The van der Waals surface area contributed by atoms with Gasteiger partial charge < -0.3 is 10.5 Å². The lowest BCUT2D eigenvalue weighted by Crippen LogP contribution is -2.39. The minimum absolute atomic E-state index is 0.129. The van der Waals surface area contributed by atoms with Gasteiger partial charge in [0.05, 0.1) is 7.11 Å². The van der Waals surface area contributed by atoms with E-state index in [2.05, 4.69) is 32.0 Å². The molecule has 0 spiro atoms. The van der Waals surface area contributed by atoms with Crippen LogP contribution in [-0.2, 0) is 5.41 Å². The van der Waals surface area contributed by atoms with Crippen molar-refractivity contribution in [1.82, 2.24) is 0 Å². The summed E-state index contributed by atoms with van der Waals surface area (Å²) in [5.74, 6) is 1.83. The van der Waals surface area contributed by atoms with E-state index < -0.39 is 0 Å². The molecule has 0 aliphatic heterocycles. The summed E-state index contributed by atoms with van der Waals surface area (Å²) in [6.07, 6.45) is 4.91. The van der Waals surface area contributed by atoms with Crippen LogP contribution in [0.1, 0.15) is 43.7 Å². The molecule has 0 amide bonds. The average Bonchev–Trinajstić information content (AvgIpc) is 2.40. The number of benzene rings is 1. The van der Waals surface area contributed by atoms with Gasteiger partial charge in [-0.15, -0.1) is 0 Å². The topological polar surface area (TPSA) is 35.2 Å². The summed E-state index contributed by atoms with van der Waals surface area (Å²) in [6, 6.07) is 6.46. The lowest BCUT2D eigenvalue weighted by atomic mass is 9.66. The van der Waals surface area contributed by atoms with Gasteiger partial charge in [-0.1, -0.05) is 24.6 Å². The summed E-state index contributed by atoms with van der Waals surface area (Å²) < 4.78 is 5.55. The van der Waals surface area contributed by atoms with Crippen molar-refractivity contribution in [3.8, 4) is 5.75 Å². The smallest absolute Gasteiger partial charge is 0.122 e. The van der Waals surface area contributed by atoms with Crippen LogP contribution in [0.4, 0.5) is 0 Å². The Bertz CT molecular complexity index is 406. The number of methoxy groups -OCH3 is 1. The molecule has 1 fully saturated rings. The van der Waals surface area contributed by atoms with Crippen LogP contribution in [0.3, 0.4) is 0 Å². The van der Waals surface area contributed by atoms with E-state index in [1.165, 1.54) is 36.8 Å². The Morgan fingerprint density at radius 3 is 2.56 bits per heavy atom. The standard InChI is InChI=1S/C16H25NO/c1-12-6-8-16(11-17,9-7-12)14-10-13(2)4-5-15(14)18-3/h4-5,10,12H,6-9,11,17H2,1-3H3. The third-order valence-corrected chi connectivity index (χ3v) is 4.55. The van der Waals surface area contributed by atoms with Gasteiger partial charge in [0.15, 0.2) is 0 Å². The molecule has 0 saturated heterocycles. The van der Waals surface area contributed by atoms with Crippen LogP contribution in [0.15, 0.2) is 18.2 Å². The largest absolute Gasteiger partial charge is 0.496 e. The Hall–Kier alpha value is -1.02. The van der Waals surface area contributed by atoms with E-state index in [-0.39, 0.29) is 5.41 Å². The quantitative estimate of drug-likeness (QED) is 0.888. The molecule has 100 valence electrons. The van der Waals surface area contributed by atoms with Crippen molar-refractivity contribution in [2.75, 3.05) is 13.7 Å². The molecular weight excluding hydrogens is 222 g/mol. The molecule has 0 bridgehead atoms. The van der Waals surface area contributed by atoms with Crippen LogP contribution in [-0.4, -0.2) is 13.7 Å². The zero-order chi connectivity index (χ0) is 13.2. The molecule has 2 N–H and O–H groups in total. The highest BCUT2D eigenvalue weighted by atomic mass is 16.5. The van der Waals surface area contributed by atoms with E-state index in [0.29, 0.717) is 0 Å². The maximum Gasteiger partial charge on any atom is 0.122 e. The van der Waals surface area contributed by atoms with Crippen molar-refractivity contribution in [3.63, 3.8) is 0 Å². The Balaban J connectivity index is 2.40. The van der Waals surface area contributed by atoms with E-state index in [0.717, 1.165) is 18.2 Å². The number of nitrogens with two attached hydrogens (primary N) is 1. The first kappa shape index (κ1) is 13.4. The van der Waals surface area contributed by atoms with Gasteiger partial charge in [-0.2, -0.15) is 0 Å². The Labute approximate surface area is 111 Å². The lowest BCUT2D eigenvalue weighted by Gasteiger charge is -2.40. The second-order valence-corrected chi connectivity index (χ2v) is 5.87. The number of hydrogen-bond donors (Lipinski definition) is 1. The van der Waals surface area contributed by atoms with E-state index in [1.54, 1.807) is 7.11 Å². The van der Waals surface area contributed by atoms with Crippen LogP contribution in [0.5, 0.6) is 5.75 Å². The van der Waals surface area contributed by atoms with Crippen LogP contribution in [0.25, 0.3) is 0 Å². The van der Waals surface area contributed by atoms with E-state index in [4.69, 9.17) is 10.5 Å². The highest BCUT2D eigenvalue weighted by Crippen LogP contribution is 2.44. The van der Waals surface area contributed by atoms with Crippen LogP contribution >= 0.6 is 0 Å². The van der Waals surface area contributed by atoms with Gasteiger partial charge in [-0.3, -0.25) is 0 Å². The molecule has 0 unspecified atom stereocenters. The first-order valence-electron chi connectivity index (χ1n) is 6.96. The summed E-state index contributed by atoms with van der Waals surface area (Å²) in [7, 11) is 1.75. The molecule has 1 aliphatic carbocycles. The summed E-state index contributed by atoms with van der Waals surface area (Å²) in [4.78, 5) is 0. The summed E-state index contributed by atoms with van der Waals surface area (Å²) >= 11 is 0. The van der Waals surface area contributed by atoms with Crippen LogP contribution < -0.4 is 10.5 Å².